The molecule has 2 rings (SSSR count). The Balaban J connectivity index is 2.14. The predicted molar refractivity (Wildman–Crippen MR) is 86.4 cm³/mol. The summed E-state index contributed by atoms with van der Waals surface area (Å²) >= 11 is 11.7. The van der Waals surface area contributed by atoms with Crippen LogP contribution in [0, 0.1) is 0 Å². The SMILES string of the molecule is NC(c1ccc(Cl)c(Cl)c1)C(O)c1ccc(OC(F)(F)C(F)F)cc1. The maximum Gasteiger partial charge on any atom is 0.461 e. The van der Waals surface area contributed by atoms with E-state index in [2.05, 4.69) is 4.74 Å². The first kappa shape index (κ1) is 19.8. The Hall–Kier alpha value is -1.54. The summed E-state index contributed by atoms with van der Waals surface area (Å²) in [7, 11) is 0. The van der Waals surface area contributed by atoms with Crippen molar-refractivity contribution in [3.63, 3.8) is 0 Å². The van der Waals surface area contributed by atoms with Crippen molar-refractivity contribution in [2.45, 2.75) is 24.7 Å². The first-order valence-corrected chi connectivity index (χ1v) is 7.71. The number of benzene rings is 2. The number of hydrogen-bond acceptors (Lipinski definition) is 3. The smallest absolute Gasteiger partial charge is 0.428 e. The van der Waals surface area contributed by atoms with Crippen LogP contribution in [0.3, 0.4) is 0 Å². The van der Waals surface area contributed by atoms with Gasteiger partial charge in [0.2, 0.25) is 0 Å². The van der Waals surface area contributed by atoms with Crippen molar-refractivity contribution < 1.29 is 27.4 Å². The van der Waals surface area contributed by atoms with E-state index in [1.165, 1.54) is 24.3 Å². The normalized spacial score (nSPS) is 14.4. The van der Waals surface area contributed by atoms with Gasteiger partial charge < -0.3 is 15.6 Å². The van der Waals surface area contributed by atoms with Gasteiger partial charge in [-0.25, -0.2) is 0 Å². The summed E-state index contributed by atoms with van der Waals surface area (Å²) in [6, 6.07) is 8.31. The molecular weight excluding hydrogens is 385 g/mol. The number of ether oxygens (including phenoxy) is 1. The number of aliphatic hydroxyl groups is 1. The minimum atomic E-state index is -4.60. The lowest BCUT2D eigenvalue weighted by atomic mass is 9.96. The van der Waals surface area contributed by atoms with E-state index < -0.39 is 30.4 Å². The lowest BCUT2D eigenvalue weighted by molar-refractivity contribution is -0.253. The quantitative estimate of drug-likeness (QED) is 0.677. The number of alkyl halides is 4. The highest BCUT2D eigenvalue weighted by Gasteiger charge is 2.43. The van der Waals surface area contributed by atoms with Crippen molar-refractivity contribution in [3.05, 3.63) is 63.6 Å². The number of hydrogen-bond donors (Lipinski definition) is 2. The predicted octanol–water partition coefficient (Wildman–Crippen LogP) is 4.96. The Kier molecular flexibility index (Phi) is 6.16. The fourth-order valence-corrected chi connectivity index (χ4v) is 2.35. The van der Waals surface area contributed by atoms with Gasteiger partial charge in [-0.2, -0.15) is 17.6 Å². The Bertz CT molecular complexity index is 729. The molecule has 0 saturated heterocycles. The lowest BCUT2D eigenvalue weighted by Gasteiger charge is -2.21. The summed E-state index contributed by atoms with van der Waals surface area (Å²) in [5.74, 6) is -0.468. The summed E-state index contributed by atoms with van der Waals surface area (Å²) in [5, 5.41) is 10.9. The number of halogens is 6. The van der Waals surface area contributed by atoms with Crippen molar-refractivity contribution in [2.24, 2.45) is 5.73 Å². The van der Waals surface area contributed by atoms with Gasteiger partial charge in [0.05, 0.1) is 22.2 Å². The van der Waals surface area contributed by atoms with Crippen LogP contribution in [0.4, 0.5) is 17.6 Å². The summed E-state index contributed by atoms with van der Waals surface area (Å²) in [6.45, 7) is 0. The van der Waals surface area contributed by atoms with Crippen LogP contribution < -0.4 is 10.5 Å². The van der Waals surface area contributed by atoms with Crippen LogP contribution in [0.2, 0.25) is 10.0 Å². The zero-order chi connectivity index (χ0) is 18.8. The number of aliphatic hydroxyl groups excluding tert-OH is 1. The van der Waals surface area contributed by atoms with Gasteiger partial charge in [0.15, 0.2) is 0 Å². The second kappa shape index (κ2) is 7.78. The van der Waals surface area contributed by atoms with E-state index >= 15 is 0 Å². The molecule has 0 aliphatic carbocycles. The van der Waals surface area contributed by atoms with Crippen molar-refractivity contribution >= 4 is 23.2 Å². The largest absolute Gasteiger partial charge is 0.461 e. The molecule has 3 nitrogen and oxygen atoms in total. The van der Waals surface area contributed by atoms with Crippen LogP contribution in [-0.2, 0) is 0 Å². The minimum Gasteiger partial charge on any atom is -0.428 e. The van der Waals surface area contributed by atoms with Crippen LogP contribution in [0.25, 0.3) is 0 Å². The van der Waals surface area contributed by atoms with Crippen molar-refractivity contribution in [1.29, 1.82) is 0 Å². The van der Waals surface area contributed by atoms with E-state index in [4.69, 9.17) is 28.9 Å². The van der Waals surface area contributed by atoms with E-state index in [0.717, 1.165) is 12.1 Å². The Morgan fingerprint density at radius 2 is 1.52 bits per heavy atom. The molecule has 0 heterocycles. The summed E-state index contributed by atoms with van der Waals surface area (Å²) < 4.78 is 53.9. The molecule has 3 N–H and O–H groups in total. The fourth-order valence-electron chi connectivity index (χ4n) is 2.04. The monoisotopic (exact) mass is 397 g/mol. The van der Waals surface area contributed by atoms with Crippen LogP contribution in [0.5, 0.6) is 5.75 Å². The zero-order valence-corrected chi connectivity index (χ0v) is 14.0. The average molecular weight is 398 g/mol. The van der Waals surface area contributed by atoms with Crippen molar-refractivity contribution in [2.75, 3.05) is 0 Å². The van der Waals surface area contributed by atoms with Gasteiger partial charge in [-0.05, 0) is 35.4 Å². The summed E-state index contributed by atoms with van der Waals surface area (Å²) in [5.41, 5.74) is 6.76. The maximum absolute atomic E-state index is 12.8. The van der Waals surface area contributed by atoms with E-state index in [9.17, 15) is 22.7 Å². The number of rotatable bonds is 6. The molecular formula is C16H13Cl2F4NO2. The van der Waals surface area contributed by atoms with E-state index in [-0.39, 0.29) is 10.6 Å². The van der Waals surface area contributed by atoms with Gasteiger partial charge in [0, 0.05) is 0 Å². The molecule has 0 aliphatic rings. The van der Waals surface area contributed by atoms with Gasteiger partial charge in [-0.15, -0.1) is 0 Å². The van der Waals surface area contributed by atoms with Crippen LogP contribution in [0.15, 0.2) is 42.5 Å². The maximum atomic E-state index is 12.8. The Labute approximate surface area is 150 Å². The van der Waals surface area contributed by atoms with Crippen LogP contribution in [0.1, 0.15) is 23.3 Å². The second-order valence-corrected chi connectivity index (χ2v) is 5.99. The molecule has 0 aromatic heterocycles. The van der Waals surface area contributed by atoms with Crippen LogP contribution >= 0.6 is 23.2 Å². The third kappa shape index (κ3) is 4.76. The molecule has 2 aromatic rings. The molecule has 25 heavy (non-hydrogen) atoms. The molecule has 0 fully saturated rings. The first-order chi connectivity index (χ1) is 11.6. The molecule has 0 amide bonds. The van der Waals surface area contributed by atoms with Gasteiger partial charge >= 0.3 is 12.5 Å². The Morgan fingerprint density at radius 1 is 0.960 bits per heavy atom. The molecule has 0 bridgehead atoms. The fraction of sp³-hybridized carbons (Fsp3) is 0.250. The van der Waals surface area contributed by atoms with E-state index in [1.807, 2.05) is 0 Å². The highest BCUT2D eigenvalue weighted by atomic mass is 35.5. The van der Waals surface area contributed by atoms with Crippen molar-refractivity contribution in [1.82, 2.24) is 0 Å². The molecule has 9 heteroatoms. The minimum absolute atomic E-state index is 0.264. The summed E-state index contributed by atoms with van der Waals surface area (Å²) in [6.07, 6.45) is -9.75. The van der Waals surface area contributed by atoms with E-state index in [0.29, 0.717) is 10.6 Å². The Morgan fingerprint density at radius 3 is 2.04 bits per heavy atom. The van der Waals surface area contributed by atoms with Gasteiger partial charge in [-0.1, -0.05) is 41.4 Å². The molecule has 0 radical (unpaired) electrons. The number of nitrogens with two attached hydrogens (primary N) is 1. The third-order valence-corrected chi connectivity index (χ3v) is 4.14. The average Bonchev–Trinajstić information content (AvgIpc) is 2.56. The molecule has 2 unspecified atom stereocenters. The van der Waals surface area contributed by atoms with E-state index in [1.54, 1.807) is 6.07 Å². The van der Waals surface area contributed by atoms with Gasteiger partial charge in [-0.3, -0.25) is 0 Å². The third-order valence-electron chi connectivity index (χ3n) is 3.40. The molecule has 0 saturated carbocycles. The lowest BCUT2D eigenvalue weighted by Crippen LogP contribution is -2.33. The highest BCUT2D eigenvalue weighted by Crippen LogP contribution is 2.33. The first-order valence-electron chi connectivity index (χ1n) is 6.95. The standard InChI is InChI=1S/C16H13Cl2F4NO2/c17-11-6-3-9(7-12(11)18)13(23)14(24)8-1-4-10(5-2-8)25-16(21,22)15(19)20/h1-7,13-15,24H,23H2. The molecule has 2 aromatic carbocycles. The topological polar surface area (TPSA) is 55.5 Å². The van der Waals surface area contributed by atoms with Gasteiger partial charge in [0.25, 0.3) is 0 Å². The second-order valence-electron chi connectivity index (χ2n) is 5.18. The van der Waals surface area contributed by atoms with Gasteiger partial charge in [0.1, 0.15) is 5.75 Å². The molecule has 136 valence electrons. The molecule has 0 aliphatic heterocycles. The summed E-state index contributed by atoms with van der Waals surface area (Å²) in [4.78, 5) is 0. The van der Waals surface area contributed by atoms with Crippen LogP contribution in [-0.4, -0.2) is 17.6 Å². The highest BCUT2D eigenvalue weighted by molar-refractivity contribution is 6.42. The molecule has 2 atom stereocenters. The van der Waals surface area contributed by atoms with Crippen molar-refractivity contribution in [3.8, 4) is 5.75 Å². The zero-order valence-electron chi connectivity index (χ0n) is 12.5. The molecule has 0 spiro atoms.